The van der Waals surface area contributed by atoms with Crippen molar-refractivity contribution in [1.29, 1.82) is 0 Å². The van der Waals surface area contributed by atoms with Crippen molar-refractivity contribution in [2.45, 2.75) is 18.3 Å². The molecule has 0 aliphatic carbocycles. The summed E-state index contributed by atoms with van der Waals surface area (Å²) in [6, 6.07) is 0. The van der Waals surface area contributed by atoms with Crippen LogP contribution in [0, 0.1) is 0 Å². The Hall–Kier alpha value is -0.360. The molecule has 0 aromatic rings. The number of alkyl halides is 1. The summed E-state index contributed by atoms with van der Waals surface area (Å²) in [6.07, 6.45) is -5.17. The van der Waals surface area contributed by atoms with Gasteiger partial charge in [0.1, 0.15) is 6.10 Å². The van der Waals surface area contributed by atoms with Crippen molar-refractivity contribution in [3.05, 3.63) is 0 Å². The molecule has 0 radical (unpaired) electrons. The number of aliphatic carboxylic acids is 1. The first-order valence-corrected chi connectivity index (χ1v) is 3.37. The molecule has 0 saturated carbocycles. The van der Waals surface area contributed by atoms with Crippen LogP contribution in [0.4, 0.5) is 0 Å². The Labute approximate surface area is 67.8 Å². The molecule has 5 nitrogen and oxygen atoms in total. The lowest BCUT2D eigenvalue weighted by atomic mass is 10.1. The quantitative estimate of drug-likeness (QED) is 0.394. The molecule has 0 amide bonds. The SMILES string of the molecule is O=C(O)[C@H](O)[C@H](O)[C@H](O)CCl. The van der Waals surface area contributed by atoms with Gasteiger partial charge >= 0.3 is 5.97 Å². The molecule has 0 fully saturated rings. The fourth-order valence-corrected chi connectivity index (χ4v) is 0.630. The first kappa shape index (κ1) is 10.6. The fraction of sp³-hybridized carbons (Fsp3) is 0.800. The van der Waals surface area contributed by atoms with E-state index in [1.54, 1.807) is 0 Å². The summed E-state index contributed by atoms with van der Waals surface area (Å²) in [5, 5.41) is 34.3. The predicted octanol–water partition coefficient (Wildman–Crippen LogP) is -1.61. The topological polar surface area (TPSA) is 98.0 Å². The summed E-state index contributed by atoms with van der Waals surface area (Å²) in [7, 11) is 0. The maximum absolute atomic E-state index is 10.00. The molecular formula is C5H9ClO5. The van der Waals surface area contributed by atoms with Crippen molar-refractivity contribution in [2.75, 3.05) is 5.88 Å². The molecule has 3 atom stereocenters. The van der Waals surface area contributed by atoms with Gasteiger partial charge in [-0.2, -0.15) is 0 Å². The van der Waals surface area contributed by atoms with Crippen molar-refractivity contribution in [3.8, 4) is 0 Å². The van der Waals surface area contributed by atoms with E-state index in [-0.39, 0.29) is 5.88 Å². The van der Waals surface area contributed by atoms with Crippen molar-refractivity contribution in [1.82, 2.24) is 0 Å². The van der Waals surface area contributed by atoms with Crippen LogP contribution in [0.3, 0.4) is 0 Å². The van der Waals surface area contributed by atoms with Crippen LogP contribution in [0.1, 0.15) is 0 Å². The van der Waals surface area contributed by atoms with Crippen LogP contribution in [0.25, 0.3) is 0 Å². The molecule has 6 heteroatoms. The van der Waals surface area contributed by atoms with Crippen LogP contribution < -0.4 is 0 Å². The van der Waals surface area contributed by atoms with E-state index in [0.717, 1.165) is 0 Å². The highest BCUT2D eigenvalue weighted by Crippen LogP contribution is 2.01. The minimum atomic E-state index is -2.00. The Morgan fingerprint density at radius 2 is 1.82 bits per heavy atom. The number of hydrogen-bond donors (Lipinski definition) is 4. The zero-order valence-corrected chi connectivity index (χ0v) is 6.27. The van der Waals surface area contributed by atoms with Gasteiger partial charge in [-0.3, -0.25) is 0 Å². The molecule has 0 spiro atoms. The van der Waals surface area contributed by atoms with E-state index in [1.165, 1.54) is 0 Å². The Kier molecular flexibility index (Phi) is 4.36. The number of aliphatic hydroxyl groups is 3. The average molecular weight is 185 g/mol. The highest BCUT2D eigenvalue weighted by molar-refractivity contribution is 6.18. The van der Waals surface area contributed by atoms with Gasteiger partial charge in [-0.15, -0.1) is 11.6 Å². The average Bonchev–Trinajstić information content (AvgIpc) is 2.00. The maximum Gasteiger partial charge on any atom is 0.335 e. The molecular weight excluding hydrogens is 176 g/mol. The lowest BCUT2D eigenvalue weighted by Crippen LogP contribution is -2.42. The standard InChI is InChI=1S/C5H9ClO5/c6-1-2(7)3(8)4(9)5(10)11/h2-4,7-9H,1H2,(H,10,11)/t2-,3-,4-/m1/s1. The molecule has 0 aromatic heterocycles. The van der Waals surface area contributed by atoms with Crippen LogP contribution in [-0.4, -0.2) is 50.6 Å². The largest absolute Gasteiger partial charge is 0.479 e. The highest BCUT2D eigenvalue weighted by Gasteiger charge is 2.29. The minimum Gasteiger partial charge on any atom is -0.479 e. The monoisotopic (exact) mass is 184 g/mol. The lowest BCUT2D eigenvalue weighted by molar-refractivity contribution is -0.157. The van der Waals surface area contributed by atoms with Crippen LogP contribution >= 0.6 is 11.6 Å². The normalized spacial score (nSPS) is 18.9. The Balaban J connectivity index is 4.00. The molecule has 66 valence electrons. The van der Waals surface area contributed by atoms with Crippen molar-refractivity contribution >= 4 is 17.6 Å². The Morgan fingerprint density at radius 1 is 1.36 bits per heavy atom. The molecule has 0 bridgehead atoms. The van der Waals surface area contributed by atoms with E-state index in [0.29, 0.717) is 0 Å². The Morgan fingerprint density at radius 3 is 2.09 bits per heavy atom. The summed E-state index contributed by atoms with van der Waals surface area (Å²) in [5.74, 6) is -1.92. The van der Waals surface area contributed by atoms with Gasteiger partial charge < -0.3 is 20.4 Å². The second-order valence-electron chi connectivity index (χ2n) is 2.00. The molecule has 0 aromatic carbocycles. The van der Waals surface area contributed by atoms with Crippen molar-refractivity contribution in [2.24, 2.45) is 0 Å². The van der Waals surface area contributed by atoms with Crippen LogP contribution in [-0.2, 0) is 4.79 Å². The van der Waals surface area contributed by atoms with Gasteiger partial charge in [0, 0.05) is 0 Å². The number of carboxylic acids is 1. The third-order valence-corrected chi connectivity index (χ3v) is 1.45. The lowest BCUT2D eigenvalue weighted by Gasteiger charge is -2.17. The van der Waals surface area contributed by atoms with Crippen LogP contribution in [0.15, 0.2) is 0 Å². The van der Waals surface area contributed by atoms with E-state index >= 15 is 0 Å². The fourth-order valence-electron chi connectivity index (χ4n) is 0.448. The number of carboxylic acid groups (broad SMARTS) is 1. The highest BCUT2D eigenvalue weighted by atomic mass is 35.5. The molecule has 0 unspecified atom stereocenters. The molecule has 0 aliphatic heterocycles. The zero-order valence-electron chi connectivity index (χ0n) is 5.51. The van der Waals surface area contributed by atoms with E-state index < -0.39 is 24.3 Å². The van der Waals surface area contributed by atoms with Gasteiger partial charge in [-0.05, 0) is 0 Å². The smallest absolute Gasteiger partial charge is 0.335 e. The molecule has 0 heterocycles. The van der Waals surface area contributed by atoms with E-state index in [1.807, 2.05) is 0 Å². The van der Waals surface area contributed by atoms with E-state index in [2.05, 4.69) is 0 Å². The minimum absolute atomic E-state index is 0.328. The first-order chi connectivity index (χ1) is 5.00. The van der Waals surface area contributed by atoms with Gasteiger partial charge in [0.05, 0.1) is 12.0 Å². The van der Waals surface area contributed by atoms with Crippen molar-refractivity contribution in [3.63, 3.8) is 0 Å². The third kappa shape index (κ3) is 3.02. The van der Waals surface area contributed by atoms with E-state index in [4.69, 9.17) is 32.0 Å². The van der Waals surface area contributed by atoms with Crippen molar-refractivity contribution < 1.29 is 25.2 Å². The molecule has 0 rings (SSSR count). The maximum atomic E-state index is 10.00. The summed E-state index contributed by atoms with van der Waals surface area (Å²) in [4.78, 5) is 10.00. The second-order valence-corrected chi connectivity index (χ2v) is 2.30. The summed E-state index contributed by atoms with van der Waals surface area (Å²) >= 11 is 5.08. The summed E-state index contributed by atoms with van der Waals surface area (Å²) in [5.41, 5.74) is 0. The van der Waals surface area contributed by atoms with Gasteiger partial charge in [-0.1, -0.05) is 0 Å². The second kappa shape index (κ2) is 4.50. The molecule has 11 heavy (non-hydrogen) atoms. The van der Waals surface area contributed by atoms with Gasteiger partial charge in [0.2, 0.25) is 0 Å². The number of halogens is 1. The molecule has 4 N–H and O–H groups in total. The van der Waals surface area contributed by atoms with Gasteiger partial charge in [-0.25, -0.2) is 4.79 Å². The Bertz CT molecular complexity index is 139. The number of aliphatic hydroxyl groups excluding tert-OH is 3. The third-order valence-electron chi connectivity index (χ3n) is 1.13. The number of hydrogen-bond acceptors (Lipinski definition) is 4. The number of carbonyl (C=O) groups is 1. The van der Waals surface area contributed by atoms with Gasteiger partial charge in [0.25, 0.3) is 0 Å². The van der Waals surface area contributed by atoms with Gasteiger partial charge in [0.15, 0.2) is 6.10 Å². The van der Waals surface area contributed by atoms with Crippen LogP contribution in [0.5, 0.6) is 0 Å². The number of rotatable bonds is 4. The predicted molar refractivity (Wildman–Crippen MR) is 36.4 cm³/mol. The zero-order chi connectivity index (χ0) is 9.02. The first-order valence-electron chi connectivity index (χ1n) is 2.83. The summed E-state index contributed by atoms with van der Waals surface area (Å²) in [6.45, 7) is 0. The summed E-state index contributed by atoms with van der Waals surface area (Å²) < 4.78 is 0. The van der Waals surface area contributed by atoms with E-state index in [9.17, 15) is 4.79 Å². The van der Waals surface area contributed by atoms with Crippen LogP contribution in [0.2, 0.25) is 0 Å². The molecule has 0 aliphatic rings. The molecule has 0 saturated heterocycles.